The molecule has 0 fully saturated rings. The minimum Gasteiger partial charge on any atom is -0.456 e. The summed E-state index contributed by atoms with van der Waals surface area (Å²) in [7, 11) is 0. The first-order valence-corrected chi connectivity index (χ1v) is 17.1. The van der Waals surface area contributed by atoms with Crippen molar-refractivity contribution in [3.8, 4) is 16.8 Å². The molecule has 0 bridgehead atoms. The van der Waals surface area contributed by atoms with Crippen LogP contribution in [0.3, 0.4) is 0 Å². The van der Waals surface area contributed by atoms with E-state index in [1.54, 1.807) is 0 Å². The third-order valence-electron chi connectivity index (χ3n) is 9.61. The second-order valence-corrected chi connectivity index (χ2v) is 14.1. The molecule has 0 N–H and O–H groups in total. The van der Waals surface area contributed by atoms with Gasteiger partial charge in [0, 0.05) is 74.5 Å². The molecule has 0 saturated carbocycles. The first kappa shape index (κ1) is 24.8. The number of nitrogens with zero attached hydrogens (tertiary/aromatic N) is 1. The third kappa shape index (κ3) is 3.24. The number of rotatable bonds is 2. The maximum Gasteiger partial charge on any atom is 0.137 e. The highest BCUT2D eigenvalue weighted by atomic mass is 32.1. The lowest BCUT2D eigenvalue weighted by Crippen LogP contribution is -1.93. The number of hydrogen-bond donors (Lipinski definition) is 0. The Morgan fingerprint density at radius 2 is 1.07 bits per heavy atom. The van der Waals surface area contributed by atoms with E-state index in [2.05, 4.69) is 144 Å². The molecule has 4 heteroatoms. The lowest BCUT2D eigenvalue weighted by molar-refractivity contribution is 0.668. The van der Waals surface area contributed by atoms with Crippen molar-refractivity contribution < 1.29 is 4.42 Å². The Hall–Kier alpha value is -5.42. The van der Waals surface area contributed by atoms with Gasteiger partial charge in [0.25, 0.3) is 0 Å². The summed E-state index contributed by atoms with van der Waals surface area (Å²) >= 11 is 3.75. The number of hydrogen-bond acceptors (Lipinski definition) is 3. The Labute approximate surface area is 270 Å². The molecule has 0 aliphatic heterocycles. The topological polar surface area (TPSA) is 18.1 Å². The zero-order valence-electron chi connectivity index (χ0n) is 24.5. The zero-order valence-corrected chi connectivity index (χ0v) is 26.1. The van der Waals surface area contributed by atoms with E-state index in [4.69, 9.17) is 4.42 Å². The fourth-order valence-corrected chi connectivity index (χ4v) is 10.1. The first-order valence-electron chi connectivity index (χ1n) is 15.5. The molecule has 11 rings (SSSR count). The van der Waals surface area contributed by atoms with Crippen molar-refractivity contribution in [3.05, 3.63) is 140 Å². The van der Waals surface area contributed by atoms with Crippen LogP contribution in [-0.4, -0.2) is 4.57 Å². The molecular formula is C42H23NOS2. The van der Waals surface area contributed by atoms with Gasteiger partial charge >= 0.3 is 0 Å². The molecule has 7 aromatic carbocycles. The number of thiophene rings is 2. The fourth-order valence-electron chi connectivity index (χ4n) is 7.64. The van der Waals surface area contributed by atoms with Crippen molar-refractivity contribution in [2.45, 2.75) is 0 Å². The molecule has 0 saturated heterocycles. The van der Waals surface area contributed by atoms with Crippen LogP contribution in [-0.2, 0) is 0 Å². The van der Waals surface area contributed by atoms with Gasteiger partial charge in [0.1, 0.15) is 11.2 Å². The summed E-state index contributed by atoms with van der Waals surface area (Å²) in [6.07, 6.45) is 0. The van der Waals surface area contributed by atoms with E-state index >= 15 is 0 Å². The van der Waals surface area contributed by atoms with E-state index in [1.807, 2.05) is 22.7 Å². The average Bonchev–Trinajstić information content (AvgIpc) is 3.86. The van der Waals surface area contributed by atoms with Gasteiger partial charge in [-0.3, -0.25) is 0 Å². The molecule has 0 aliphatic carbocycles. The summed E-state index contributed by atoms with van der Waals surface area (Å²) < 4.78 is 14.4. The van der Waals surface area contributed by atoms with Crippen LogP contribution < -0.4 is 0 Å². The van der Waals surface area contributed by atoms with Crippen LogP contribution in [0.1, 0.15) is 0 Å². The first-order chi connectivity index (χ1) is 22.8. The van der Waals surface area contributed by atoms with Crippen LogP contribution in [0.4, 0.5) is 0 Å². The summed E-state index contributed by atoms with van der Waals surface area (Å²) in [5, 5.41) is 10.1. The zero-order chi connectivity index (χ0) is 29.9. The maximum absolute atomic E-state index is 6.68. The van der Waals surface area contributed by atoms with Crippen LogP contribution in [0.5, 0.6) is 0 Å². The molecule has 11 aromatic rings. The quantitative estimate of drug-likeness (QED) is 0.188. The minimum atomic E-state index is 0.901. The van der Waals surface area contributed by atoms with Gasteiger partial charge in [0.05, 0.1) is 15.7 Å². The summed E-state index contributed by atoms with van der Waals surface area (Å²) in [6, 6.07) is 50.7. The molecular weight excluding hydrogens is 599 g/mol. The molecule has 0 amide bonds. The molecule has 46 heavy (non-hydrogen) atoms. The van der Waals surface area contributed by atoms with Crippen LogP contribution in [0, 0.1) is 0 Å². The van der Waals surface area contributed by atoms with Gasteiger partial charge in [-0.25, -0.2) is 0 Å². The molecule has 0 aliphatic rings. The SMILES string of the molecule is c1cc(-c2cccc3c2sc2ccccc23)c2c(c1)oc1cc(-n3c4ccccc4c4ccc5c6ccccc6sc5c43)ccc12. The average molecular weight is 622 g/mol. The molecule has 214 valence electrons. The Kier molecular flexibility index (Phi) is 4.90. The van der Waals surface area contributed by atoms with Gasteiger partial charge in [-0.1, -0.05) is 97.1 Å². The van der Waals surface area contributed by atoms with E-state index < -0.39 is 0 Å². The van der Waals surface area contributed by atoms with Crippen LogP contribution in [0.15, 0.2) is 144 Å². The maximum atomic E-state index is 6.68. The van der Waals surface area contributed by atoms with Gasteiger partial charge in [0.15, 0.2) is 0 Å². The van der Waals surface area contributed by atoms with E-state index in [9.17, 15) is 0 Å². The number of furan rings is 1. The Balaban J connectivity index is 1.19. The van der Waals surface area contributed by atoms with Crippen molar-refractivity contribution in [2.24, 2.45) is 0 Å². The van der Waals surface area contributed by atoms with Crippen molar-refractivity contribution >= 4 is 107 Å². The minimum absolute atomic E-state index is 0.901. The van der Waals surface area contributed by atoms with E-state index in [0.717, 1.165) is 22.2 Å². The Morgan fingerprint density at radius 3 is 1.91 bits per heavy atom. The molecule has 0 atom stereocenters. The van der Waals surface area contributed by atoms with Gasteiger partial charge in [-0.15, -0.1) is 22.7 Å². The number of aromatic nitrogens is 1. The molecule has 2 nitrogen and oxygen atoms in total. The summed E-state index contributed by atoms with van der Waals surface area (Å²) in [6.45, 7) is 0. The third-order valence-corrected chi connectivity index (χ3v) is 12.0. The largest absolute Gasteiger partial charge is 0.456 e. The van der Waals surface area contributed by atoms with Gasteiger partial charge in [-0.05, 0) is 42.0 Å². The number of fused-ring (bicyclic) bond motifs is 13. The van der Waals surface area contributed by atoms with Crippen molar-refractivity contribution in [1.82, 2.24) is 4.57 Å². The van der Waals surface area contributed by atoms with E-state index in [0.29, 0.717) is 0 Å². The van der Waals surface area contributed by atoms with E-state index in [1.165, 1.54) is 78.7 Å². The highest BCUT2D eigenvalue weighted by molar-refractivity contribution is 7.27. The lowest BCUT2D eigenvalue weighted by atomic mass is 9.98. The van der Waals surface area contributed by atoms with E-state index in [-0.39, 0.29) is 0 Å². The van der Waals surface area contributed by atoms with Crippen molar-refractivity contribution in [3.63, 3.8) is 0 Å². The molecule has 0 radical (unpaired) electrons. The Morgan fingerprint density at radius 1 is 0.435 bits per heavy atom. The smallest absolute Gasteiger partial charge is 0.137 e. The predicted octanol–water partition coefficient (Wildman–Crippen LogP) is 13.1. The normalized spacial score (nSPS) is 12.3. The lowest BCUT2D eigenvalue weighted by Gasteiger charge is -2.09. The van der Waals surface area contributed by atoms with Crippen LogP contribution in [0.2, 0.25) is 0 Å². The standard InChI is InChI=1S/C42H23NOS2/c1-4-15-34-25(9-1)29-21-22-32-27-11-3-6-18-38(27)46-42(32)40(29)43(34)24-19-20-33-36(23-24)44-35-16-8-12-28(39(33)35)31-14-7-13-30-26-10-2-5-17-37(26)45-41(30)31/h1-23H. The molecule has 0 unspecified atom stereocenters. The highest BCUT2D eigenvalue weighted by Gasteiger charge is 2.20. The second-order valence-electron chi connectivity index (χ2n) is 12.0. The summed E-state index contributed by atoms with van der Waals surface area (Å²) in [4.78, 5) is 0. The molecule has 4 aromatic heterocycles. The fraction of sp³-hybridized carbons (Fsp3) is 0. The molecule has 0 spiro atoms. The summed E-state index contributed by atoms with van der Waals surface area (Å²) in [5.74, 6) is 0. The molecule has 4 heterocycles. The number of para-hydroxylation sites is 1. The highest BCUT2D eigenvalue weighted by Crippen LogP contribution is 2.46. The van der Waals surface area contributed by atoms with Gasteiger partial charge in [0.2, 0.25) is 0 Å². The monoisotopic (exact) mass is 621 g/mol. The van der Waals surface area contributed by atoms with Crippen LogP contribution in [0.25, 0.3) is 101 Å². The van der Waals surface area contributed by atoms with Gasteiger partial charge < -0.3 is 8.98 Å². The second kappa shape index (κ2) is 9.07. The van der Waals surface area contributed by atoms with Crippen molar-refractivity contribution in [1.29, 1.82) is 0 Å². The summed E-state index contributed by atoms with van der Waals surface area (Å²) in [5.41, 5.74) is 7.85. The number of benzene rings is 7. The van der Waals surface area contributed by atoms with Crippen LogP contribution >= 0.6 is 22.7 Å². The van der Waals surface area contributed by atoms with Gasteiger partial charge in [-0.2, -0.15) is 0 Å². The predicted molar refractivity (Wildman–Crippen MR) is 199 cm³/mol. The van der Waals surface area contributed by atoms with Crippen molar-refractivity contribution in [2.75, 3.05) is 0 Å². The Bertz CT molecular complexity index is 3040.